The first-order chi connectivity index (χ1) is 14.5. The van der Waals surface area contributed by atoms with Crippen molar-refractivity contribution in [2.75, 3.05) is 17.7 Å². The van der Waals surface area contributed by atoms with Gasteiger partial charge in [-0.25, -0.2) is 0 Å². The lowest BCUT2D eigenvalue weighted by Crippen LogP contribution is -2.34. The maximum atomic E-state index is 12.3. The monoisotopic (exact) mass is 419 g/mol. The Morgan fingerprint density at radius 1 is 0.867 bits per heavy atom. The van der Waals surface area contributed by atoms with E-state index >= 15 is 0 Å². The molecule has 152 valence electrons. The first kappa shape index (κ1) is 21.0. The molecule has 0 fully saturated rings. The number of ether oxygens (including phenoxy) is 1. The summed E-state index contributed by atoms with van der Waals surface area (Å²) in [5, 5.41) is 8.60. The molecule has 0 spiro atoms. The fourth-order valence-corrected chi connectivity index (χ4v) is 2.95. The number of carbonyl (C=O) groups excluding carboxylic acids is 2. The molecule has 0 unspecified atom stereocenters. The van der Waals surface area contributed by atoms with Crippen molar-refractivity contribution in [3.8, 4) is 5.75 Å². The van der Waals surface area contributed by atoms with E-state index in [1.165, 1.54) is 0 Å². The van der Waals surface area contributed by atoms with Crippen LogP contribution in [0.15, 0.2) is 78.9 Å². The van der Waals surface area contributed by atoms with Gasteiger partial charge in [0.15, 0.2) is 5.11 Å². The summed E-state index contributed by atoms with van der Waals surface area (Å²) in [4.78, 5) is 24.5. The van der Waals surface area contributed by atoms with Gasteiger partial charge in [-0.05, 0) is 60.2 Å². The predicted molar refractivity (Wildman–Crippen MR) is 122 cm³/mol. The smallest absolute Gasteiger partial charge is 0.257 e. The molecule has 30 heavy (non-hydrogen) atoms. The average Bonchev–Trinajstić information content (AvgIpc) is 2.74. The molecule has 3 rings (SSSR count). The number of hydrogen-bond donors (Lipinski definition) is 3. The van der Waals surface area contributed by atoms with Crippen molar-refractivity contribution in [3.63, 3.8) is 0 Å². The van der Waals surface area contributed by atoms with Crippen molar-refractivity contribution in [1.29, 1.82) is 0 Å². The van der Waals surface area contributed by atoms with E-state index in [2.05, 4.69) is 16.0 Å². The van der Waals surface area contributed by atoms with Crippen LogP contribution in [-0.4, -0.2) is 24.0 Å². The summed E-state index contributed by atoms with van der Waals surface area (Å²) in [5.41, 5.74) is 2.67. The van der Waals surface area contributed by atoms with Crippen molar-refractivity contribution in [3.05, 3.63) is 90.0 Å². The Morgan fingerprint density at radius 2 is 1.53 bits per heavy atom. The zero-order valence-electron chi connectivity index (χ0n) is 16.3. The number of rotatable bonds is 6. The van der Waals surface area contributed by atoms with Gasteiger partial charge < -0.3 is 15.4 Å². The molecule has 0 atom stereocenters. The van der Waals surface area contributed by atoms with E-state index in [-0.39, 0.29) is 23.3 Å². The normalized spacial score (nSPS) is 10.0. The van der Waals surface area contributed by atoms with E-state index in [0.717, 1.165) is 5.56 Å². The Kier molecular flexibility index (Phi) is 7.13. The minimum absolute atomic E-state index is 0.117. The molecule has 0 radical (unpaired) electrons. The van der Waals surface area contributed by atoms with E-state index < -0.39 is 0 Å². The second-order valence-electron chi connectivity index (χ2n) is 6.43. The number of nitrogens with one attached hydrogen (secondary N) is 3. The molecule has 6 nitrogen and oxygen atoms in total. The Labute approximate surface area is 180 Å². The van der Waals surface area contributed by atoms with Gasteiger partial charge in [0, 0.05) is 16.9 Å². The van der Waals surface area contributed by atoms with Crippen LogP contribution in [0.1, 0.15) is 15.9 Å². The highest BCUT2D eigenvalue weighted by Gasteiger charge is 2.09. The van der Waals surface area contributed by atoms with Crippen molar-refractivity contribution < 1.29 is 14.3 Å². The summed E-state index contributed by atoms with van der Waals surface area (Å²) in [7, 11) is 1.56. The molecule has 7 heteroatoms. The SMILES string of the molecule is COc1ccc(C(=O)NC(=S)Nc2cccc(NC(=O)Cc3ccccc3)c2)cc1. The highest BCUT2D eigenvalue weighted by molar-refractivity contribution is 7.80. The highest BCUT2D eigenvalue weighted by atomic mass is 32.1. The lowest BCUT2D eigenvalue weighted by Gasteiger charge is -2.12. The quantitative estimate of drug-likeness (QED) is 0.526. The Balaban J connectivity index is 1.55. The van der Waals surface area contributed by atoms with Gasteiger partial charge >= 0.3 is 0 Å². The van der Waals surface area contributed by atoms with Crippen molar-refractivity contribution in [2.45, 2.75) is 6.42 Å². The number of carbonyl (C=O) groups is 2. The molecule has 0 bridgehead atoms. The molecule has 0 aliphatic rings. The maximum absolute atomic E-state index is 12.3. The van der Waals surface area contributed by atoms with Crippen LogP contribution in [0, 0.1) is 0 Å². The molecule has 3 aromatic carbocycles. The van der Waals surface area contributed by atoms with Crippen molar-refractivity contribution in [2.24, 2.45) is 0 Å². The Hall–Kier alpha value is -3.71. The van der Waals surface area contributed by atoms with Crippen molar-refractivity contribution >= 4 is 40.5 Å². The van der Waals surface area contributed by atoms with Gasteiger partial charge in [-0.3, -0.25) is 14.9 Å². The van der Waals surface area contributed by atoms with Gasteiger partial charge in [-0.1, -0.05) is 36.4 Å². The van der Waals surface area contributed by atoms with Gasteiger partial charge in [-0.2, -0.15) is 0 Å². The number of benzene rings is 3. The van der Waals surface area contributed by atoms with Crippen LogP contribution < -0.4 is 20.7 Å². The van der Waals surface area contributed by atoms with Crippen LogP contribution in [0.3, 0.4) is 0 Å². The zero-order valence-corrected chi connectivity index (χ0v) is 17.2. The largest absolute Gasteiger partial charge is 0.497 e. The third-order valence-corrected chi connectivity index (χ3v) is 4.40. The summed E-state index contributed by atoms with van der Waals surface area (Å²) in [6.45, 7) is 0. The Bertz CT molecular complexity index is 1040. The fraction of sp³-hybridized carbons (Fsp3) is 0.0870. The molecule has 3 aromatic rings. The van der Waals surface area contributed by atoms with Crippen LogP contribution >= 0.6 is 12.2 Å². The second kappa shape index (κ2) is 10.2. The van der Waals surface area contributed by atoms with Crippen LogP contribution in [0.5, 0.6) is 5.75 Å². The zero-order chi connectivity index (χ0) is 21.3. The van der Waals surface area contributed by atoms with Gasteiger partial charge in [0.25, 0.3) is 5.91 Å². The van der Waals surface area contributed by atoms with Gasteiger partial charge in [-0.15, -0.1) is 0 Å². The first-order valence-corrected chi connectivity index (χ1v) is 9.64. The number of methoxy groups -OCH3 is 1. The van der Waals surface area contributed by atoms with Gasteiger partial charge in [0.1, 0.15) is 5.75 Å². The third kappa shape index (κ3) is 6.15. The molecular formula is C23H21N3O3S. The molecule has 0 aliphatic carbocycles. The van der Waals surface area contributed by atoms with E-state index in [9.17, 15) is 9.59 Å². The average molecular weight is 420 g/mol. The molecule has 0 aliphatic heterocycles. The number of amides is 2. The predicted octanol–water partition coefficient (Wildman–Crippen LogP) is 4.00. The number of anilines is 2. The minimum Gasteiger partial charge on any atom is -0.497 e. The molecule has 0 saturated heterocycles. The van der Waals surface area contributed by atoms with E-state index in [4.69, 9.17) is 17.0 Å². The second-order valence-corrected chi connectivity index (χ2v) is 6.84. The summed E-state index contributed by atoms with van der Waals surface area (Å²) in [5.74, 6) is 0.217. The van der Waals surface area contributed by atoms with Crippen LogP contribution in [0.25, 0.3) is 0 Å². The molecule has 0 heterocycles. The van der Waals surface area contributed by atoms with Crippen molar-refractivity contribution in [1.82, 2.24) is 5.32 Å². The van der Waals surface area contributed by atoms with E-state index in [0.29, 0.717) is 22.7 Å². The topological polar surface area (TPSA) is 79.5 Å². The fourth-order valence-electron chi connectivity index (χ4n) is 2.74. The minimum atomic E-state index is -0.331. The lowest BCUT2D eigenvalue weighted by atomic mass is 10.1. The maximum Gasteiger partial charge on any atom is 0.257 e. The van der Waals surface area contributed by atoms with Crippen LogP contribution in [-0.2, 0) is 11.2 Å². The van der Waals surface area contributed by atoms with E-state index in [1.54, 1.807) is 55.6 Å². The van der Waals surface area contributed by atoms with E-state index in [1.807, 2.05) is 30.3 Å². The number of thiocarbonyl (C=S) groups is 1. The van der Waals surface area contributed by atoms with Crippen LogP contribution in [0.4, 0.5) is 11.4 Å². The molecule has 2 amide bonds. The number of hydrogen-bond acceptors (Lipinski definition) is 4. The molecule has 3 N–H and O–H groups in total. The molecule has 0 saturated carbocycles. The molecular weight excluding hydrogens is 398 g/mol. The summed E-state index contributed by atoms with van der Waals surface area (Å²) in [6, 6.07) is 23.3. The van der Waals surface area contributed by atoms with Gasteiger partial charge in [0.2, 0.25) is 5.91 Å². The first-order valence-electron chi connectivity index (χ1n) is 9.24. The third-order valence-electron chi connectivity index (χ3n) is 4.19. The highest BCUT2D eigenvalue weighted by Crippen LogP contribution is 2.16. The van der Waals surface area contributed by atoms with Gasteiger partial charge in [0.05, 0.1) is 13.5 Å². The standard InChI is InChI=1S/C23H21N3O3S/c1-29-20-12-10-17(11-13-20)22(28)26-23(30)25-19-9-5-8-18(15-19)24-21(27)14-16-6-3-2-4-7-16/h2-13,15H,14H2,1H3,(H,24,27)(H2,25,26,28,30). The molecule has 0 aromatic heterocycles. The van der Waals surface area contributed by atoms with Crippen LogP contribution in [0.2, 0.25) is 0 Å². The summed E-state index contributed by atoms with van der Waals surface area (Å²) in [6.07, 6.45) is 0.287. The lowest BCUT2D eigenvalue weighted by molar-refractivity contribution is -0.115. The Morgan fingerprint density at radius 3 is 2.20 bits per heavy atom. The summed E-state index contributed by atoms with van der Waals surface area (Å²) < 4.78 is 5.08. The summed E-state index contributed by atoms with van der Waals surface area (Å²) >= 11 is 5.22.